The summed E-state index contributed by atoms with van der Waals surface area (Å²) in [6.07, 6.45) is 1.76. The number of hydrogen-bond donors (Lipinski definition) is 2. The molecular formula is C20H21BrN4OS. The molecule has 140 valence electrons. The first-order valence-electron chi connectivity index (χ1n) is 8.83. The molecule has 1 aromatic heterocycles. The first-order chi connectivity index (χ1) is 13.1. The zero-order chi connectivity index (χ0) is 19.2. The van der Waals surface area contributed by atoms with E-state index in [0.717, 1.165) is 39.7 Å². The highest BCUT2D eigenvalue weighted by molar-refractivity contribution is 9.10. The third kappa shape index (κ3) is 4.78. The van der Waals surface area contributed by atoms with Crippen LogP contribution in [-0.4, -0.2) is 26.8 Å². The second-order valence-electron chi connectivity index (χ2n) is 5.94. The number of aromatic amines is 1. The molecule has 0 saturated heterocycles. The largest absolute Gasteiger partial charge is 0.325 e. The second-order valence-corrected chi connectivity index (χ2v) is 7.74. The lowest BCUT2D eigenvalue weighted by atomic mass is 10.0. The van der Waals surface area contributed by atoms with Crippen molar-refractivity contribution in [2.24, 2.45) is 0 Å². The molecule has 0 aliphatic heterocycles. The summed E-state index contributed by atoms with van der Waals surface area (Å²) in [5, 5.41) is 10.8. The number of benzene rings is 2. The molecule has 0 saturated carbocycles. The summed E-state index contributed by atoms with van der Waals surface area (Å²) in [5.74, 6) is 0.881. The number of aryl methyl sites for hydroxylation is 2. The van der Waals surface area contributed by atoms with Gasteiger partial charge in [0.15, 0.2) is 5.82 Å². The van der Waals surface area contributed by atoms with Crippen LogP contribution in [0.4, 0.5) is 5.69 Å². The lowest BCUT2D eigenvalue weighted by Gasteiger charge is -2.14. The Kier molecular flexibility index (Phi) is 6.68. The molecule has 0 radical (unpaired) electrons. The first kappa shape index (κ1) is 19.6. The molecule has 2 aromatic carbocycles. The number of anilines is 1. The number of amides is 1. The lowest BCUT2D eigenvalue weighted by molar-refractivity contribution is -0.113. The fraction of sp³-hybridized carbons (Fsp3) is 0.250. The van der Waals surface area contributed by atoms with Crippen LogP contribution in [0.1, 0.15) is 25.0 Å². The number of carbonyl (C=O) groups is 1. The van der Waals surface area contributed by atoms with Gasteiger partial charge >= 0.3 is 0 Å². The number of hydrogen-bond acceptors (Lipinski definition) is 4. The zero-order valence-corrected chi connectivity index (χ0v) is 17.7. The SMILES string of the molecule is CCc1cccc(CC)c1NC(=O)CSc1n[nH]c(-c2ccccc2Br)n1. The fourth-order valence-electron chi connectivity index (χ4n) is 2.79. The van der Waals surface area contributed by atoms with Crippen molar-refractivity contribution in [3.63, 3.8) is 0 Å². The molecular weight excluding hydrogens is 424 g/mol. The molecule has 0 aliphatic carbocycles. The number of carbonyl (C=O) groups excluding carboxylic acids is 1. The fourth-order valence-corrected chi connectivity index (χ4v) is 3.86. The molecule has 27 heavy (non-hydrogen) atoms. The van der Waals surface area contributed by atoms with Crippen molar-refractivity contribution in [1.82, 2.24) is 15.2 Å². The molecule has 7 heteroatoms. The van der Waals surface area contributed by atoms with Crippen molar-refractivity contribution >= 4 is 39.3 Å². The van der Waals surface area contributed by atoms with E-state index in [1.807, 2.05) is 30.3 Å². The number of rotatable bonds is 7. The van der Waals surface area contributed by atoms with Crippen LogP contribution in [0.15, 0.2) is 52.1 Å². The Bertz CT molecular complexity index is 919. The van der Waals surface area contributed by atoms with Crippen LogP contribution < -0.4 is 5.32 Å². The van der Waals surface area contributed by atoms with Crippen molar-refractivity contribution < 1.29 is 4.79 Å². The molecule has 0 unspecified atom stereocenters. The van der Waals surface area contributed by atoms with Crippen LogP contribution in [0.3, 0.4) is 0 Å². The number of aromatic nitrogens is 3. The van der Waals surface area contributed by atoms with E-state index < -0.39 is 0 Å². The van der Waals surface area contributed by atoms with Gasteiger partial charge in [-0.05, 0) is 30.0 Å². The van der Waals surface area contributed by atoms with E-state index in [1.54, 1.807) is 0 Å². The van der Waals surface area contributed by atoms with Crippen molar-refractivity contribution in [3.8, 4) is 11.4 Å². The quantitative estimate of drug-likeness (QED) is 0.497. The smallest absolute Gasteiger partial charge is 0.234 e. The normalized spacial score (nSPS) is 10.8. The Labute approximate surface area is 171 Å². The van der Waals surface area contributed by atoms with Gasteiger partial charge in [-0.3, -0.25) is 9.89 Å². The van der Waals surface area contributed by atoms with Gasteiger partial charge in [0.25, 0.3) is 0 Å². The van der Waals surface area contributed by atoms with Gasteiger partial charge in [0.1, 0.15) is 0 Å². The number of para-hydroxylation sites is 1. The van der Waals surface area contributed by atoms with Gasteiger partial charge in [0, 0.05) is 15.7 Å². The van der Waals surface area contributed by atoms with E-state index in [9.17, 15) is 4.79 Å². The van der Waals surface area contributed by atoms with Crippen LogP contribution in [0, 0.1) is 0 Å². The van der Waals surface area contributed by atoms with E-state index >= 15 is 0 Å². The molecule has 2 N–H and O–H groups in total. The average molecular weight is 445 g/mol. The minimum absolute atomic E-state index is 0.0529. The maximum Gasteiger partial charge on any atom is 0.234 e. The van der Waals surface area contributed by atoms with Crippen LogP contribution in [0.2, 0.25) is 0 Å². The maximum absolute atomic E-state index is 12.4. The molecule has 0 bridgehead atoms. The third-order valence-electron chi connectivity index (χ3n) is 4.19. The van der Waals surface area contributed by atoms with Crippen molar-refractivity contribution in [2.75, 3.05) is 11.1 Å². The van der Waals surface area contributed by atoms with Gasteiger partial charge in [0.2, 0.25) is 11.1 Å². The van der Waals surface area contributed by atoms with Crippen LogP contribution in [-0.2, 0) is 17.6 Å². The van der Waals surface area contributed by atoms with E-state index in [1.165, 1.54) is 11.8 Å². The van der Waals surface area contributed by atoms with Gasteiger partial charge in [-0.2, -0.15) is 0 Å². The minimum Gasteiger partial charge on any atom is -0.325 e. The third-order valence-corrected chi connectivity index (χ3v) is 5.73. The summed E-state index contributed by atoms with van der Waals surface area (Å²) in [6, 6.07) is 14.0. The van der Waals surface area contributed by atoms with Gasteiger partial charge in [-0.1, -0.05) is 77.9 Å². The molecule has 0 aliphatic rings. The Morgan fingerprint density at radius 2 is 1.81 bits per heavy atom. The van der Waals surface area contributed by atoms with E-state index in [0.29, 0.717) is 11.0 Å². The second kappa shape index (κ2) is 9.19. The zero-order valence-electron chi connectivity index (χ0n) is 15.3. The average Bonchev–Trinajstić information content (AvgIpc) is 3.15. The van der Waals surface area contributed by atoms with Crippen molar-refractivity contribution in [3.05, 3.63) is 58.1 Å². The van der Waals surface area contributed by atoms with Crippen molar-refractivity contribution in [1.29, 1.82) is 0 Å². The van der Waals surface area contributed by atoms with Crippen molar-refractivity contribution in [2.45, 2.75) is 31.8 Å². The van der Waals surface area contributed by atoms with Gasteiger partial charge in [-0.25, -0.2) is 4.98 Å². The van der Waals surface area contributed by atoms with E-state index in [4.69, 9.17) is 0 Å². The number of halogens is 1. The molecule has 3 rings (SSSR count). The van der Waals surface area contributed by atoms with Crippen LogP contribution in [0.5, 0.6) is 0 Å². The number of nitrogens with one attached hydrogen (secondary N) is 2. The van der Waals surface area contributed by atoms with Gasteiger partial charge in [-0.15, -0.1) is 5.10 Å². The summed E-state index contributed by atoms with van der Waals surface area (Å²) in [7, 11) is 0. The highest BCUT2D eigenvalue weighted by Gasteiger charge is 2.13. The monoisotopic (exact) mass is 444 g/mol. The predicted molar refractivity (Wildman–Crippen MR) is 114 cm³/mol. The van der Waals surface area contributed by atoms with E-state index in [-0.39, 0.29) is 11.7 Å². The van der Waals surface area contributed by atoms with E-state index in [2.05, 4.69) is 62.4 Å². The number of thioether (sulfide) groups is 1. The molecule has 1 heterocycles. The maximum atomic E-state index is 12.4. The molecule has 3 aromatic rings. The number of H-pyrrole nitrogens is 1. The molecule has 0 spiro atoms. The molecule has 5 nitrogen and oxygen atoms in total. The Balaban J connectivity index is 1.65. The predicted octanol–water partition coefficient (Wildman–Crippen LogP) is 5.09. The summed E-state index contributed by atoms with van der Waals surface area (Å²) in [6.45, 7) is 4.19. The minimum atomic E-state index is -0.0529. The van der Waals surface area contributed by atoms with Crippen LogP contribution >= 0.6 is 27.7 Å². The van der Waals surface area contributed by atoms with Gasteiger partial charge < -0.3 is 5.32 Å². The highest BCUT2D eigenvalue weighted by atomic mass is 79.9. The summed E-state index contributed by atoms with van der Waals surface area (Å²) >= 11 is 4.83. The topological polar surface area (TPSA) is 70.7 Å². The summed E-state index contributed by atoms with van der Waals surface area (Å²) in [5.41, 5.74) is 4.19. The summed E-state index contributed by atoms with van der Waals surface area (Å²) in [4.78, 5) is 16.9. The Hall–Kier alpha value is -2.12. The molecule has 0 fully saturated rings. The first-order valence-corrected chi connectivity index (χ1v) is 10.6. The Morgan fingerprint density at radius 3 is 2.48 bits per heavy atom. The Morgan fingerprint density at radius 1 is 1.11 bits per heavy atom. The van der Waals surface area contributed by atoms with Crippen LogP contribution in [0.25, 0.3) is 11.4 Å². The van der Waals surface area contributed by atoms with Gasteiger partial charge in [0.05, 0.1) is 5.75 Å². The summed E-state index contributed by atoms with van der Waals surface area (Å²) < 4.78 is 0.943. The highest BCUT2D eigenvalue weighted by Crippen LogP contribution is 2.27. The number of nitrogens with zero attached hydrogens (tertiary/aromatic N) is 2. The lowest BCUT2D eigenvalue weighted by Crippen LogP contribution is -2.16. The standard InChI is InChI=1S/C20H21BrN4OS/c1-3-13-8-7-9-14(4-2)18(13)22-17(26)12-27-20-23-19(24-25-20)15-10-5-6-11-16(15)21/h5-11H,3-4,12H2,1-2H3,(H,22,26)(H,23,24,25). The molecule has 0 atom stereocenters. The molecule has 1 amide bonds.